The third kappa shape index (κ3) is 4.60. The number of rotatable bonds is 4. The van der Waals surface area contributed by atoms with Gasteiger partial charge in [-0.25, -0.2) is 8.42 Å². The second kappa shape index (κ2) is 5.90. The normalized spacial score (nSPS) is 12.1. The van der Waals surface area contributed by atoms with E-state index >= 15 is 0 Å². The van der Waals surface area contributed by atoms with Gasteiger partial charge in [-0.15, -0.1) is 0 Å². The first kappa shape index (κ1) is 15.6. The zero-order valence-electron chi connectivity index (χ0n) is 12.5. The van der Waals surface area contributed by atoms with Crippen LogP contribution in [-0.2, 0) is 15.6 Å². The average molecular weight is 303 g/mol. The first-order chi connectivity index (χ1) is 9.76. The third-order valence-electron chi connectivity index (χ3n) is 2.72. The molecule has 0 heterocycles. The predicted molar refractivity (Wildman–Crippen MR) is 83.0 cm³/mol. The molecule has 0 spiro atoms. The molecule has 3 nitrogen and oxygen atoms in total. The lowest BCUT2D eigenvalue weighted by Crippen LogP contribution is -2.22. The SMILES string of the molecule is CC(C)(C)Oc1ccc(CS(=O)(=O)c2[c]cccc2)cc1. The summed E-state index contributed by atoms with van der Waals surface area (Å²) >= 11 is 0. The summed E-state index contributed by atoms with van der Waals surface area (Å²) in [7, 11) is -3.36. The van der Waals surface area contributed by atoms with Gasteiger partial charge >= 0.3 is 0 Å². The van der Waals surface area contributed by atoms with E-state index in [0.29, 0.717) is 0 Å². The summed E-state index contributed by atoms with van der Waals surface area (Å²) in [6.45, 7) is 5.91. The summed E-state index contributed by atoms with van der Waals surface area (Å²) in [5.41, 5.74) is 0.459. The van der Waals surface area contributed by atoms with Gasteiger partial charge in [0.2, 0.25) is 0 Å². The summed E-state index contributed by atoms with van der Waals surface area (Å²) in [5, 5.41) is 0. The van der Waals surface area contributed by atoms with Crippen LogP contribution in [0.2, 0.25) is 0 Å². The molecule has 4 heteroatoms. The highest BCUT2D eigenvalue weighted by Gasteiger charge is 2.16. The lowest BCUT2D eigenvalue weighted by atomic mass is 10.2. The molecule has 0 saturated heterocycles. The van der Waals surface area contributed by atoms with E-state index in [9.17, 15) is 8.42 Å². The van der Waals surface area contributed by atoms with Crippen molar-refractivity contribution in [2.45, 2.75) is 37.0 Å². The van der Waals surface area contributed by atoms with E-state index in [1.54, 1.807) is 48.5 Å². The van der Waals surface area contributed by atoms with Crippen LogP contribution in [0.4, 0.5) is 0 Å². The maximum atomic E-state index is 12.3. The summed E-state index contributed by atoms with van der Waals surface area (Å²) in [4.78, 5) is 0.222. The van der Waals surface area contributed by atoms with Gasteiger partial charge < -0.3 is 4.74 Å². The Morgan fingerprint density at radius 3 is 2.24 bits per heavy atom. The molecule has 0 aromatic heterocycles. The predicted octanol–water partition coefficient (Wildman–Crippen LogP) is 3.64. The van der Waals surface area contributed by atoms with Gasteiger partial charge in [-0.3, -0.25) is 0 Å². The largest absolute Gasteiger partial charge is 0.488 e. The van der Waals surface area contributed by atoms with Gasteiger partial charge in [0.15, 0.2) is 9.84 Å². The molecule has 0 saturated carbocycles. The van der Waals surface area contributed by atoms with Crippen LogP contribution in [0.1, 0.15) is 26.3 Å². The minimum Gasteiger partial charge on any atom is -0.488 e. The quantitative estimate of drug-likeness (QED) is 0.866. The Labute approximate surface area is 126 Å². The Kier molecular flexibility index (Phi) is 4.37. The maximum absolute atomic E-state index is 12.3. The fourth-order valence-corrected chi connectivity index (χ4v) is 3.20. The van der Waals surface area contributed by atoms with Crippen molar-refractivity contribution >= 4 is 9.84 Å². The van der Waals surface area contributed by atoms with Gasteiger partial charge in [-0.05, 0) is 44.5 Å². The molecule has 2 aromatic rings. The van der Waals surface area contributed by atoms with Crippen LogP contribution in [0.5, 0.6) is 5.75 Å². The molecule has 0 aliphatic heterocycles. The molecule has 1 radical (unpaired) electrons. The Balaban J connectivity index is 2.14. The average Bonchev–Trinajstić information content (AvgIpc) is 2.40. The second-order valence-electron chi connectivity index (χ2n) is 5.84. The zero-order chi connectivity index (χ0) is 15.5. The Morgan fingerprint density at radius 2 is 1.71 bits per heavy atom. The van der Waals surface area contributed by atoms with E-state index in [4.69, 9.17) is 4.74 Å². The molecule has 0 N–H and O–H groups in total. The second-order valence-corrected chi connectivity index (χ2v) is 7.80. The van der Waals surface area contributed by atoms with Crippen molar-refractivity contribution in [3.05, 3.63) is 60.2 Å². The summed E-state index contributed by atoms with van der Waals surface area (Å²) < 4.78 is 30.2. The summed E-state index contributed by atoms with van der Waals surface area (Å²) in [6.07, 6.45) is 0. The molecule has 111 valence electrons. The van der Waals surface area contributed by atoms with E-state index < -0.39 is 9.84 Å². The number of benzene rings is 2. The zero-order valence-corrected chi connectivity index (χ0v) is 13.3. The minimum absolute atomic E-state index is 0.0384. The molecule has 2 rings (SSSR count). The van der Waals surface area contributed by atoms with Gasteiger partial charge in [0.05, 0.1) is 10.6 Å². The van der Waals surface area contributed by atoms with Crippen molar-refractivity contribution in [3.8, 4) is 5.75 Å². The number of hydrogen-bond acceptors (Lipinski definition) is 3. The van der Waals surface area contributed by atoms with Crippen LogP contribution in [0, 0.1) is 6.07 Å². The van der Waals surface area contributed by atoms with Crippen LogP contribution < -0.4 is 4.74 Å². The smallest absolute Gasteiger partial charge is 0.183 e. The highest BCUT2D eigenvalue weighted by atomic mass is 32.2. The lowest BCUT2D eigenvalue weighted by Gasteiger charge is -2.21. The highest BCUT2D eigenvalue weighted by Crippen LogP contribution is 2.21. The van der Waals surface area contributed by atoms with Crippen molar-refractivity contribution in [1.82, 2.24) is 0 Å². The van der Waals surface area contributed by atoms with Crippen molar-refractivity contribution < 1.29 is 13.2 Å². The Morgan fingerprint density at radius 1 is 1.05 bits per heavy atom. The summed E-state index contributed by atoms with van der Waals surface area (Å²) in [6, 6.07) is 16.5. The third-order valence-corrected chi connectivity index (χ3v) is 4.36. The number of ether oxygens (including phenoxy) is 1. The van der Waals surface area contributed by atoms with Gasteiger partial charge in [0, 0.05) is 6.07 Å². The van der Waals surface area contributed by atoms with E-state index in [0.717, 1.165) is 11.3 Å². The molecular weight excluding hydrogens is 284 g/mol. The van der Waals surface area contributed by atoms with Gasteiger partial charge in [-0.2, -0.15) is 0 Å². The lowest BCUT2D eigenvalue weighted by molar-refractivity contribution is 0.131. The van der Waals surface area contributed by atoms with Crippen molar-refractivity contribution in [2.75, 3.05) is 0 Å². The highest BCUT2D eigenvalue weighted by molar-refractivity contribution is 7.90. The van der Waals surface area contributed by atoms with Crippen molar-refractivity contribution in [1.29, 1.82) is 0 Å². The molecule has 0 unspecified atom stereocenters. The Hall–Kier alpha value is -1.81. The molecule has 0 aliphatic carbocycles. The summed E-state index contributed by atoms with van der Waals surface area (Å²) in [5.74, 6) is 0.693. The molecule has 2 aromatic carbocycles. The van der Waals surface area contributed by atoms with Crippen molar-refractivity contribution in [2.24, 2.45) is 0 Å². The molecule has 21 heavy (non-hydrogen) atoms. The molecule has 0 amide bonds. The molecule has 0 aliphatic rings. The van der Waals surface area contributed by atoms with Crippen LogP contribution in [0.15, 0.2) is 53.4 Å². The van der Waals surface area contributed by atoms with Gasteiger partial charge in [-0.1, -0.05) is 30.3 Å². The number of hydrogen-bond donors (Lipinski definition) is 0. The Bertz CT molecular complexity index is 681. The van der Waals surface area contributed by atoms with E-state index in [1.165, 1.54) is 0 Å². The molecule has 0 bridgehead atoms. The number of sulfone groups is 1. The van der Waals surface area contributed by atoms with Crippen LogP contribution in [0.25, 0.3) is 0 Å². The van der Waals surface area contributed by atoms with Crippen LogP contribution >= 0.6 is 0 Å². The van der Waals surface area contributed by atoms with Crippen LogP contribution in [-0.4, -0.2) is 14.0 Å². The monoisotopic (exact) mass is 303 g/mol. The minimum atomic E-state index is -3.36. The molecule has 0 fully saturated rings. The maximum Gasteiger partial charge on any atom is 0.183 e. The topological polar surface area (TPSA) is 43.4 Å². The van der Waals surface area contributed by atoms with E-state index in [2.05, 4.69) is 6.07 Å². The standard InChI is InChI=1S/C17H19O3S/c1-17(2,3)20-15-11-9-14(10-12-15)13-21(18,19)16-7-5-4-6-8-16/h4-7,9-12H,13H2,1-3H3. The van der Waals surface area contributed by atoms with E-state index in [1.807, 2.05) is 20.8 Å². The first-order valence-corrected chi connectivity index (χ1v) is 8.39. The fraction of sp³-hybridized carbons (Fsp3) is 0.294. The fourth-order valence-electron chi connectivity index (χ4n) is 1.87. The van der Waals surface area contributed by atoms with Gasteiger partial charge in [0.1, 0.15) is 11.4 Å². The first-order valence-electron chi connectivity index (χ1n) is 6.74. The molecular formula is C17H19O3S. The van der Waals surface area contributed by atoms with Gasteiger partial charge in [0.25, 0.3) is 0 Å². The molecule has 0 atom stereocenters. The van der Waals surface area contributed by atoms with Crippen LogP contribution in [0.3, 0.4) is 0 Å². The van der Waals surface area contributed by atoms with Crippen molar-refractivity contribution in [3.63, 3.8) is 0 Å². The van der Waals surface area contributed by atoms with E-state index in [-0.39, 0.29) is 16.2 Å².